The number of methoxy groups -OCH3 is 1. The van der Waals surface area contributed by atoms with Crippen LogP contribution in [0, 0.1) is 29.0 Å². The number of ether oxygens (including phenoxy) is 1. The molecule has 0 aliphatic carbocycles. The molecule has 4 aromatic rings. The van der Waals surface area contributed by atoms with Crippen LogP contribution < -0.4 is 15.4 Å². The number of rotatable bonds is 8. The second-order valence-electron chi connectivity index (χ2n) is 10.4. The van der Waals surface area contributed by atoms with Crippen molar-refractivity contribution in [2.24, 2.45) is 0 Å². The molecule has 2 aromatic carbocycles. The van der Waals surface area contributed by atoms with Crippen molar-refractivity contribution in [3.8, 4) is 23.7 Å². The van der Waals surface area contributed by atoms with Crippen LogP contribution in [0.2, 0.25) is 5.02 Å². The van der Waals surface area contributed by atoms with Gasteiger partial charge in [-0.2, -0.15) is 5.26 Å². The summed E-state index contributed by atoms with van der Waals surface area (Å²) in [6.45, 7) is 7.96. The minimum atomic E-state index is -0.577. The SMILES string of the molecule is CCNc1cc2c(Nc3cc(OC)c(Cl)cc3F)c(C#N)cnc2cc1C#Cc1cccc(CCN2CCN(C)CC2)n1. The molecule has 3 heterocycles. The number of aromatic nitrogens is 2. The number of benzene rings is 2. The Bertz CT molecular complexity index is 1740. The van der Waals surface area contributed by atoms with Crippen molar-refractivity contribution in [1.82, 2.24) is 19.8 Å². The summed E-state index contributed by atoms with van der Waals surface area (Å²) in [6.07, 6.45) is 2.34. The number of anilines is 3. The van der Waals surface area contributed by atoms with E-state index in [0.717, 1.165) is 56.1 Å². The summed E-state index contributed by atoms with van der Waals surface area (Å²) in [5, 5.41) is 17.1. The molecule has 220 valence electrons. The topological polar surface area (TPSA) is 89.3 Å². The Labute approximate surface area is 256 Å². The van der Waals surface area contributed by atoms with E-state index >= 15 is 0 Å². The number of likely N-dealkylation sites (N-methyl/N-ethyl adjacent to an activating group) is 1. The number of hydrogen-bond acceptors (Lipinski definition) is 8. The minimum Gasteiger partial charge on any atom is -0.495 e. The van der Waals surface area contributed by atoms with Gasteiger partial charge < -0.3 is 25.2 Å². The first-order valence-electron chi connectivity index (χ1n) is 14.2. The van der Waals surface area contributed by atoms with Crippen LogP contribution in [0.15, 0.2) is 48.7 Å². The first kappa shape index (κ1) is 30.1. The summed E-state index contributed by atoms with van der Waals surface area (Å²) in [7, 11) is 3.62. The monoisotopic (exact) mass is 597 g/mol. The second-order valence-corrected chi connectivity index (χ2v) is 10.8. The molecular weight excluding hydrogens is 565 g/mol. The summed E-state index contributed by atoms with van der Waals surface area (Å²) in [5.74, 6) is 6.22. The van der Waals surface area contributed by atoms with Crippen molar-refractivity contribution in [1.29, 1.82) is 5.26 Å². The normalized spacial score (nSPS) is 13.7. The van der Waals surface area contributed by atoms with Crippen LogP contribution in [0.3, 0.4) is 0 Å². The Hall–Kier alpha value is -4.41. The van der Waals surface area contributed by atoms with E-state index in [1.54, 1.807) is 0 Å². The fourth-order valence-corrected chi connectivity index (χ4v) is 5.21. The first-order valence-corrected chi connectivity index (χ1v) is 14.6. The van der Waals surface area contributed by atoms with Gasteiger partial charge >= 0.3 is 0 Å². The lowest BCUT2D eigenvalue weighted by Gasteiger charge is -2.32. The van der Waals surface area contributed by atoms with E-state index in [-0.39, 0.29) is 16.3 Å². The van der Waals surface area contributed by atoms with Crippen LogP contribution in [0.25, 0.3) is 10.9 Å². The molecule has 1 aliphatic rings. The molecule has 1 fully saturated rings. The van der Waals surface area contributed by atoms with Crippen LogP contribution in [0.4, 0.5) is 21.5 Å². The van der Waals surface area contributed by atoms with Gasteiger partial charge in [-0.3, -0.25) is 4.98 Å². The van der Waals surface area contributed by atoms with Crippen molar-refractivity contribution in [2.45, 2.75) is 13.3 Å². The number of piperazine rings is 1. The third kappa shape index (κ3) is 7.15. The zero-order valence-corrected chi connectivity index (χ0v) is 25.2. The number of halogens is 2. The van der Waals surface area contributed by atoms with Crippen LogP contribution in [0.5, 0.6) is 5.75 Å². The van der Waals surface area contributed by atoms with Crippen molar-refractivity contribution < 1.29 is 9.13 Å². The van der Waals surface area contributed by atoms with E-state index in [9.17, 15) is 9.65 Å². The van der Waals surface area contributed by atoms with Crippen molar-refractivity contribution >= 4 is 39.6 Å². The van der Waals surface area contributed by atoms with E-state index < -0.39 is 5.82 Å². The number of pyridine rings is 2. The Kier molecular flexibility index (Phi) is 9.58. The molecule has 1 saturated heterocycles. The predicted molar refractivity (Wildman–Crippen MR) is 170 cm³/mol. The molecule has 0 saturated carbocycles. The lowest BCUT2D eigenvalue weighted by molar-refractivity contribution is 0.155. The van der Waals surface area contributed by atoms with E-state index in [2.05, 4.69) is 50.4 Å². The Morgan fingerprint density at radius 3 is 2.63 bits per heavy atom. The summed E-state index contributed by atoms with van der Waals surface area (Å²) < 4.78 is 20.1. The van der Waals surface area contributed by atoms with Gasteiger partial charge in [0.2, 0.25) is 0 Å². The van der Waals surface area contributed by atoms with Crippen LogP contribution >= 0.6 is 11.6 Å². The molecule has 0 unspecified atom stereocenters. The Balaban J connectivity index is 1.45. The maximum atomic E-state index is 14.9. The third-order valence-electron chi connectivity index (χ3n) is 7.41. The smallest absolute Gasteiger partial charge is 0.148 e. The summed E-state index contributed by atoms with van der Waals surface area (Å²) in [6, 6.07) is 14.5. The first-order chi connectivity index (χ1) is 20.9. The number of nitrogens with one attached hydrogen (secondary N) is 2. The number of fused-ring (bicyclic) bond motifs is 1. The second kappa shape index (κ2) is 13.7. The number of nitrogens with zero attached hydrogens (tertiary/aromatic N) is 5. The van der Waals surface area contributed by atoms with Crippen LogP contribution in [-0.2, 0) is 6.42 Å². The van der Waals surface area contributed by atoms with E-state index in [1.807, 2.05) is 37.3 Å². The molecule has 0 amide bonds. The largest absolute Gasteiger partial charge is 0.495 e. The highest BCUT2D eigenvalue weighted by atomic mass is 35.5. The summed E-state index contributed by atoms with van der Waals surface area (Å²) in [5.41, 5.74) is 4.62. The van der Waals surface area contributed by atoms with Gasteiger partial charge in [0.05, 0.1) is 45.8 Å². The average Bonchev–Trinajstić information content (AvgIpc) is 3.01. The van der Waals surface area contributed by atoms with E-state index in [1.165, 1.54) is 25.4 Å². The molecule has 43 heavy (non-hydrogen) atoms. The van der Waals surface area contributed by atoms with Crippen molar-refractivity contribution in [3.05, 3.63) is 82.0 Å². The molecular formula is C33H33ClFN7O. The molecule has 0 spiro atoms. The third-order valence-corrected chi connectivity index (χ3v) is 7.70. The number of nitriles is 1. The van der Waals surface area contributed by atoms with Gasteiger partial charge in [-0.05, 0) is 50.2 Å². The fraction of sp³-hybridized carbons (Fsp3) is 0.303. The molecule has 0 radical (unpaired) electrons. The van der Waals surface area contributed by atoms with Gasteiger partial charge in [-0.25, -0.2) is 9.37 Å². The highest BCUT2D eigenvalue weighted by Crippen LogP contribution is 2.36. The van der Waals surface area contributed by atoms with Crippen molar-refractivity contribution in [2.75, 3.05) is 64.1 Å². The molecule has 2 N–H and O–H groups in total. The van der Waals surface area contributed by atoms with E-state index in [0.29, 0.717) is 34.6 Å². The molecule has 0 atom stereocenters. The van der Waals surface area contributed by atoms with Gasteiger partial charge in [-0.15, -0.1) is 0 Å². The maximum absolute atomic E-state index is 14.9. The molecule has 10 heteroatoms. The van der Waals surface area contributed by atoms with Gasteiger partial charge in [0.1, 0.15) is 23.3 Å². The molecule has 1 aliphatic heterocycles. The van der Waals surface area contributed by atoms with Gasteiger partial charge in [-0.1, -0.05) is 23.6 Å². The minimum absolute atomic E-state index is 0.123. The molecule has 5 rings (SSSR count). The Morgan fingerprint density at radius 2 is 1.88 bits per heavy atom. The van der Waals surface area contributed by atoms with Crippen LogP contribution in [0.1, 0.15) is 29.4 Å². The molecule has 8 nitrogen and oxygen atoms in total. The molecule has 2 aromatic heterocycles. The standard InChI is InChI=1S/C33H33ClFN7O/c1-4-37-29-17-26-30(38-21-23(20-36)33(26)40-31-19-32(43-3)27(34)18-28(31)35)16-22(29)8-9-24-6-5-7-25(39-24)10-11-42-14-12-41(2)13-15-42/h5-7,16-19,21,37H,4,10-15H2,1-3H3,(H,38,40). The van der Waals surface area contributed by atoms with Crippen LogP contribution in [-0.4, -0.2) is 73.2 Å². The fourth-order valence-electron chi connectivity index (χ4n) is 4.98. The predicted octanol–water partition coefficient (Wildman–Crippen LogP) is 5.67. The van der Waals surface area contributed by atoms with Gasteiger partial charge in [0, 0.05) is 69.0 Å². The lowest BCUT2D eigenvalue weighted by atomic mass is 10.0. The summed E-state index contributed by atoms with van der Waals surface area (Å²) >= 11 is 6.08. The van der Waals surface area contributed by atoms with Gasteiger partial charge in [0.15, 0.2) is 0 Å². The van der Waals surface area contributed by atoms with Crippen molar-refractivity contribution in [3.63, 3.8) is 0 Å². The highest BCUT2D eigenvalue weighted by Gasteiger charge is 2.17. The lowest BCUT2D eigenvalue weighted by Crippen LogP contribution is -2.45. The highest BCUT2D eigenvalue weighted by molar-refractivity contribution is 6.32. The average molecular weight is 598 g/mol. The zero-order valence-electron chi connectivity index (χ0n) is 24.5. The van der Waals surface area contributed by atoms with Gasteiger partial charge in [0.25, 0.3) is 0 Å². The summed E-state index contributed by atoms with van der Waals surface area (Å²) in [4.78, 5) is 14.1. The number of hydrogen-bond donors (Lipinski definition) is 2. The quantitative estimate of drug-likeness (QED) is 0.251. The molecule has 0 bridgehead atoms. The maximum Gasteiger partial charge on any atom is 0.148 e. The van der Waals surface area contributed by atoms with E-state index in [4.69, 9.17) is 21.3 Å². The zero-order chi connectivity index (χ0) is 30.3. The Morgan fingerprint density at radius 1 is 1.07 bits per heavy atom.